The average Bonchev–Trinajstić information content (AvgIpc) is 2.86. The standard InChI is InChI=1S/C14H24N4O2S/c1-10(2)4-5-17(3)13(19)11-12(15)16-14(21-11)18-6-8-20-9-7-18/h10H,4-9,15H2,1-3H3. The lowest BCUT2D eigenvalue weighted by molar-refractivity contribution is 0.0794. The number of morpholine rings is 1. The van der Waals surface area contributed by atoms with Crippen LogP contribution in [0, 0.1) is 5.92 Å². The van der Waals surface area contributed by atoms with E-state index in [-0.39, 0.29) is 5.91 Å². The van der Waals surface area contributed by atoms with E-state index in [4.69, 9.17) is 10.5 Å². The van der Waals surface area contributed by atoms with Gasteiger partial charge in [0.1, 0.15) is 10.7 Å². The summed E-state index contributed by atoms with van der Waals surface area (Å²) in [4.78, 5) is 21.2. The number of anilines is 2. The molecule has 21 heavy (non-hydrogen) atoms. The summed E-state index contributed by atoms with van der Waals surface area (Å²) < 4.78 is 5.33. The van der Waals surface area contributed by atoms with Gasteiger partial charge in [0.05, 0.1) is 13.2 Å². The normalized spacial score (nSPS) is 15.5. The van der Waals surface area contributed by atoms with Crippen LogP contribution in [0.25, 0.3) is 0 Å². The number of carbonyl (C=O) groups is 1. The van der Waals surface area contributed by atoms with Gasteiger partial charge in [-0.15, -0.1) is 0 Å². The highest BCUT2D eigenvalue weighted by atomic mass is 32.1. The van der Waals surface area contributed by atoms with E-state index in [1.165, 1.54) is 11.3 Å². The second-order valence-corrected chi connectivity index (χ2v) is 6.70. The third kappa shape index (κ3) is 4.07. The first-order chi connectivity index (χ1) is 9.99. The maximum atomic E-state index is 12.4. The molecule has 2 rings (SSSR count). The van der Waals surface area contributed by atoms with Crippen LogP contribution in [0.1, 0.15) is 29.9 Å². The summed E-state index contributed by atoms with van der Waals surface area (Å²) in [5.41, 5.74) is 5.94. The van der Waals surface area contributed by atoms with E-state index < -0.39 is 0 Å². The van der Waals surface area contributed by atoms with Crippen molar-refractivity contribution >= 4 is 28.2 Å². The number of amides is 1. The fourth-order valence-corrected chi connectivity index (χ4v) is 3.12. The van der Waals surface area contributed by atoms with Crippen LogP contribution in [0.3, 0.4) is 0 Å². The quantitative estimate of drug-likeness (QED) is 0.895. The first-order valence-corrected chi connectivity index (χ1v) is 8.15. The second-order valence-electron chi connectivity index (χ2n) is 5.72. The molecule has 0 spiro atoms. The number of hydrogen-bond donors (Lipinski definition) is 1. The number of hydrogen-bond acceptors (Lipinski definition) is 6. The van der Waals surface area contributed by atoms with Gasteiger partial charge in [0.2, 0.25) is 0 Å². The van der Waals surface area contributed by atoms with Crippen molar-refractivity contribution in [3.8, 4) is 0 Å². The average molecular weight is 312 g/mol. The van der Waals surface area contributed by atoms with Gasteiger partial charge in [-0.25, -0.2) is 4.98 Å². The Kier molecular flexibility index (Phi) is 5.41. The molecule has 1 saturated heterocycles. The number of nitrogens with zero attached hydrogens (tertiary/aromatic N) is 3. The third-order valence-electron chi connectivity index (χ3n) is 3.51. The Morgan fingerprint density at radius 3 is 2.76 bits per heavy atom. The van der Waals surface area contributed by atoms with Crippen LogP contribution in [-0.2, 0) is 4.74 Å². The number of carbonyl (C=O) groups excluding carboxylic acids is 1. The number of nitrogens with two attached hydrogens (primary N) is 1. The summed E-state index contributed by atoms with van der Waals surface area (Å²) in [6, 6.07) is 0. The predicted molar refractivity (Wildman–Crippen MR) is 86.0 cm³/mol. The molecule has 1 aromatic rings. The molecule has 0 saturated carbocycles. The zero-order chi connectivity index (χ0) is 15.4. The summed E-state index contributed by atoms with van der Waals surface area (Å²) in [6.45, 7) is 8.01. The van der Waals surface area contributed by atoms with Gasteiger partial charge in [0.25, 0.3) is 5.91 Å². The highest BCUT2D eigenvalue weighted by molar-refractivity contribution is 7.18. The van der Waals surface area contributed by atoms with E-state index in [1.54, 1.807) is 4.90 Å². The molecular formula is C14H24N4O2S. The summed E-state index contributed by atoms with van der Waals surface area (Å²) in [5.74, 6) is 0.871. The molecule has 1 amide bonds. The monoisotopic (exact) mass is 312 g/mol. The van der Waals surface area contributed by atoms with E-state index in [9.17, 15) is 4.79 Å². The van der Waals surface area contributed by atoms with Crippen molar-refractivity contribution in [1.82, 2.24) is 9.88 Å². The molecule has 0 bridgehead atoms. The molecule has 0 atom stereocenters. The van der Waals surface area contributed by atoms with Crippen LogP contribution in [0.4, 0.5) is 10.9 Å². The molecule has 0 radical (unpaired) electrons. The van der Waals surface area contributed by atoms with Crippen molar-refractivity contribution in [1.29, 1.82) is 0 Å². The molecule has 6 nitrogen and oxygen atoms in total. The van der Waals surface area contributed by atoms with E-state index in [2.05, 4.69) is 23.7 Å². The molecule has 1 aliphatic heterocycles. The molecule has 1 aromatic heterocycles. The number of rotatable bonds is 5. The van der Waals surface area contributed by atoms with Crippen molar-refractivity contribution in [2.45, 2.75) is 20.3 Å². The van der Waals surface area contributed by atoms with Gasteiger partial charge in [-0.1, -0.05) is 25.2 Å². The van der Waals surface area contributed by atoms with Gasteiger partial charge in [-0.05, 0) is 12.3 Å². The Morgan fingerprint density at radius 1 is 1.48 bits per heavy atom. The largest absolute Gasteiger partial charge is 0.382 e. The van der Waals surface area contributed by atoms with Gasteiger partial charge in [0, 0.05) is 26.7 Å². The van der Waals surface area contributed by atoms with Gasteiger partial charge in [0.15, 0.2) is 5.13 Å². The Bertz CT molecular complexity index is 483. The Balaban J connectivity index is 2.05. The smallest absolute Gasteiger partial charge is 0.267 e. The van der Waals surface area contributed by atoms with Crippen LogP contribution >= 0.6 is 11.3 Å². The van der Waals surface area contributed by atoms with E-state index in [0.717, 1.165) is 31.2 Å². The van der Waals surface area contributed by atoms with Crippen molar-refractivity contribution < 1.29 is 9.53 Å². The number of nitrogen functional groups attached to an aromatic ring is 1. The van der Waals surface area contributed by atoms with Crippen LogP contribution in [0.2, 0.25) is 0 Å². The predicted octanol–water partition coefficient (Wildman–Crippen LogP) is 1.68. The molecule has 0 aromatic carbocycles. The van der Waals surface area contributed by atoms with E-state index in [0.29, 0.717) is 29.8 Å². The fraction of sp³-hybridized carbons (Fsp3) is 0.714. The van der Waals surface area contributed by atoms with Crippen LogP contribution < -0.4 is 10.6 Å². The zero-order valence-corrected chi connectivity index (χ0v) is 13.8. The van der Waals surface area contributed by atoms with E-state index >= 15 is 0 Å². The molecule has 1 aliphatic rings. The lowest BCUT2D eigenvalue weighted by Crippen LogP contribution is -2.36. The maximum absolute atomic E-state index is 12.4. The van der Waals surface area contributed by atoms with Crippen LogP contribution in [-0.4, -0.2) is 55.7 Å². The lowest BCUT2D eigenvalue weighted by atomic mass is 10.1. The highest BCUT2D eigenvalue weighted by Gasteiger charge is 2.23. The first kappa shape index (κ1) is 16.0. The molecule has 7 heteroatoms. The third-order valence-corrected chi connectivity index (χ3v) is 4.63. The molecule has 0 aliphatic carbocycles. The van der Waals surface area contributed by atoms with Crippen molar-refractivity contribution in [2.75, 3.05) is 50.5 Å². The Hall–Kier alpha value is -1.34. The summed E-state index contributed by atoms with van der Waals surface area (Å²) in [7, 11) is 1.82. The summed E-state index contributed by atoms with van der Waals surface area (Å²) in [6.07, 6.45) is 0.983. The van der Waals surface area contributed by atoms with Crippen molar-refractivity contribution in [3.63, 3.8) is 0 Å². The molecule has 118 valence electrons. The number of ether oxygens (including phenoxy) is 1. The zero-order valence-electron chi connectivity index (χ0n) is 13.0. The molecular weight excluding hydrogens is 288 g/mol. The molecule has 2 N–H and O–H groups in total. The Labute approximate surface area is 129 Å². The van der Waals surface area contributed by atoms with Gasteiger partial charge >= 0.3 is 0 Å². The first-order valence-electron chi connectivity index (χ1n) is 7.33. The second kappa shape index (κ2) is 7.09. The van der Waals surface area contributed by atoms with Gasteiger partial charge < -0.3 is 20.3 Å². The van der Waals surface area contributed by atoms with Crippen molar-refractivity contribution in [3.05, 3.63) is 4.88 Å². The Morgan fingerprint density at radius 2 is 2.14 bits per heavy atom. The van der Waals surface area contributed by atoms with Crippen LogP contribution in [0.5, 0.6) is 0 Å². The van der Waals surface area contributed by atoms with Gasteiger partial charge in [-0.3, -0.25) is 4.79 Å². The number of thiazole rings is 1. The SMILES string of the molecule is CC(C)CCN(C)C(=O)c1sc(N2CCOCC2)nc1N. The highest BCUT2D eigenvalue weighted by Crippen LogP contribution is 2.29. The molecule has 0 unspecified atom stereocenters. The topological polar surface area (TPSA) is 71.7 Å². The maximum Gasteiger partial charge on any atom is 0.267 e. The van der Waals surface area contributed by atoms with Crippen molar-refractivity contribution in [2.24, 2.45) is 5.92 Å². The summed E-state index contributed by atoms with van der Waals surface area (Å²) >= 11 is 1.38. The molecule has 2 heterocycles. The van der Waals surface area contributed by atoms with Crippen LogP contribution in [0.15, 0.2) is 0 Å². The number of aromatic nitrogens is 1. The minimum atomic E-state index is -0.0369. The fourth-order valence-electron chi connectivity index (χ4n) is 2.09. The lowest BCUT2D eigenvalue weighted by Gasteiger charge is -2.25. The summed E-state index contributed by atoms with van der Waals surface area (Å²) in [5, 5.41) is 0.816. The molecule has 1 fully saturated rings. The minimum absolute atomic E-state index is 0.0369. The van der Waals surface area contributed by atoms with Gasteiger partial charge in [-0.2, -0.15) is 0 Å². The van der Waals surface area contributed by atoms with E-state index in [1.807, 2.05) is 7.05 Å². The minimum Gasteiger partial charge on any atom is -0.382 e.